The third-order valence-electron chi connectivity index (χ3n) is 7.38. The van der Waals surface area contributed by atoms with E-state index in [9.17, 15) is 9.90 Å². The molecule has 1 aliphatic carbocycles. The smallest absolute Gasteiger partial charge is 0.321 e. The number of carbonyl (C=O) groups is 1. The Bertz CT molecular complexity index is 1180. The van der Waals surface area contributed by atoms with E-state index in [-0.39, 0.29) is 6.10 Å². The highest BCUT2D eigenvalue weighted by Gasteiger charge is 2.35. The summed E-state index contributed by atoms with van der Waals surface area (Å²) in [6.45, 7) is 1.42. The van der Waals surface area contributed by atoms with Crippen LogP contribution in [-0.4, -0.2) is 40.7 Å². The third kappa shape index (κ3) is 7.25. The van der Waals surface area contributed by atoms with Crippen molar-refractivity contribution in [2.24, 2.45) is 5.92 Å². The lowest BCUT2D eigenvalue weighted by Crippen LogP contribution is -2.46. The van der Waals surface area contributed by atoms with Crippen molar-refractivity contribution in [3.8, 4) is 22.6 Å². The zero-order valence-electron chi connectivity index (χ0n) is 21.4. The van der Waals surface area contributed by atoms with Crippen LogP contribution in [-0.2, 0) is 4.79 Å². The minimum Gasteiger partial charge on any atom is -0.493 e. The second-order valence-electron chi connectivity index (χ2n) is 10.2. The number of rotatable bonds is 9. The number of carboxylic acid groups (broad SMARTS) is 1. The molecule has 0 amide bonds. The van der Waals surface area contributed by atoms with E-state index in [1.807, 2.05) is 77.1 Å². The van der Waals surface area contributed by atoms with E-state index < -0.39 is 12.0 Å². The molecule has 2 aliphatic rings. The molecule has 1 saturated heterocycles. The number of nitrogens with zero attached hydrogens (tertiary/aromatic N) is 1. The predicted octanol–water partition coefficient (Wildman–Crippen LogP) is 7.97. The van der Waals surface area contributed by atoms with Crippen LogP contribution >= 0.6 is 23.5 Å². The number of carboxylic acids is 1. The minimum absolute atomic E-state index is 0.148. The highest BCUT2D eigenvalue weighted by atomic mass is 35.5. The Hall–Kier alpha value is -2.67. The maximum absolute atomic E-state index is 12.1. The summed E-state index contributed by atoms with van der Waals surface area (Å²) in [4.78, 5) is 13.1. The summed E-state index contributed by atoms with van der Waals surface area (Å²) in [5, 5.41) is 10.7. The van der Waals surface area contributed by atoms with Crippen molar-refractivity contribution in [2.75, 3.05) is 13.2 Å². The normalized spacial score (nSPS) is 20.7. The molecule has 200 valence electrons. The Balaban J connectivity index is 1.13. The molecule has 0 aromatic heterocycles. The summed E-state index contributed by atoms with van der Waals surface area (Å²) in [7, 11) is 0. The molecular formula is C31H34ClNO4S. The number of benzene rings is 3. The van der Waals surface area contributed by atoms with Gasteiger partial charge in [0.15, 0.2) is 0 Å². The van der Waals surface area contributed by atoms with Crippen LogP contribution in [0.25, 0.3) is 11.1 Å². The van der Waals surface area contributed by atoms with Crippen LogP contribution in [0.3, 0.4) is 0 Å². The molecular weight excluding hydrogens is 518 g/mol. The second kappa shape index (κ2) is 12.9. The van der Waals surface area contributed by atoms with Gasteiger partial charge in [0.05, 0.1) is 6.61 Å². The largest absolute Gasteiger partial charge is 0.493 e. The number of ether oxygens (including phenoxy) is 2. The minimum atomic E-state index is -0.823. The summed E-state index contributed by atoms with van der Waals surface area (Å²) in [5.74, 6) is 1.47. The van der Waals surface area contributed by atoms with Crippen LogP contribution in [0.1, 0.15) is 44.9 Å². The van der Waals surface area contributed by atoms with Gasteiger partial charge in [0.2, 0.25) is 0 Å². The highest BCUT2D eigenvalue weighted by molar-refractivity contribution is 7.97. The fourth-order valence-corrected chi connectivity index (χ4v) is 6.37. The topological polar surface area (TPSA) is 59.0 Å². The van der Waals surface area contributed by atoms with E-state index in [0.717, 1.165) is 40.5 Å². The zero-order chi connectivity index (χ0) is 26.3. The lowest BCUT2D eigenvalue weighted by Gasteiger charge is -2.36. The van der Waals surface area contributed by atoms with Gasteiger partial charge in [0.25, 0.3) is 0 Å². The van der Waals surface area contributed by atoms with Gasteiger partial charge in [0, 0.05) is 22.9 Å². The van der Waals surface area contributed by atoms with Crippen LogP contribution in [0.5, 0.6) is 11.5 Å². The SMILES string of the molecule is O=C(O)C1CC(Oc2ccc(-c3ccc(Cl)cc3)cc2)CCN1Sc1ccc(OCC2CCCCC2)cc1. The molecule has 38 heavy (non-hydrogen) atoms. The van der Waals surface area contributed by atoms with Gasteiger partial charge >= 0.3 is 5.97 Å². The first-order valence-electron chi connectivity index (χ1n) is 13.5. The fraction of sp³-hybridized carbons (Fsp3) is 0.387. The number of hydrogen-bond donors (Lipinski definition) is 1. The maximum Gasteiger partial charge on any atom is 0.321 e. The average Bonchev–Trinajstić information content (AvgIpc) is 2.95. The van der Waals surface area contributed by atoms with Gasteiger partial charge in [-0.1, -0.05) is 55.1 Å². The van der Waals surface area contributed by atoms with Crippen molar-refractivity contribution in [3.63, 3.8) is 0 Å². The molecule has 2 unspecified atom stereocenters. The predicted molar refractivity (Wildman–Crippen MR) is 153 cm³/mol. The molecule has 0 spiro atoms. The van der Waals surface area contributed by atoms with E-state index in [2.05, 4.69) is 0 Å². The molecule has 2 atom stereocenters. The van der Waals surface area contributed by atoms with Crippen molar-refractivity contribution in [1.82, 2.24) is 4.31 Å². The Morgan fingerprint density at radius 3 is 2.16 bits per heavy atom. The van der Waals surface area contributed by atoms with E-state index in [0.29, 0.717) is 23.9 Å². The van der Waals surface area contributed by atoms with E-state index in [1.54, 1.807) is 0 Å². The van der Waals surface area contributed by atoms with Gasteiger partial charge in [-0.25, -0.2) is 4.31 Å². The molecule has 1 aliphatic heterocycles. The van der Waals surface area contributed by atoms with Crippen molar-refractivity contribution >= 4 is 29.5 Å². The van der Waals surface area contributed by atoms with Crippen molar-refractivity contribution < 1.29 is 19.4 Å². The summed E-state index contributed by atoms with van der Waals surface area (Å²) < 4.78 is 14.2. The first-order chi connectivity index (χ1) is 18.5. The first kappa shape index (κ1) is 26.9. The Morgan fingerprint density at radius 1 is 0.868 bits per heavy atom. The van der Waals surface area contributed by atoms with Crippen LogP contribution < -0.4 is 9.47 Å². The first-order valence-corrected chi connectivity index (χ1v) is 14.6. The van der Waals surface area contributed by atoms with E-state index in [1.165, 1.54) is 44.1 Å². The van der Waals surface area contributed by atoms with Crippen molar-refractivity contribution in [2.45, 2.75) is 62.0 Å². The monoisotopic (exact) mass is 551 g/mol. The van der Waals surface area contributed by atoms with Gasteiger partial charge in [-0.2, -0.15) is 0 Å². The lowest BCUT2D eigenvalue weighted by molar-refractivity contribution is -0.143. The summed E-state index contributed by atoms with van der Waals surface area (Å²) >= 11 is 7.49. The molecule has 1 saturated carbocycles. The van der Waals surface area contributed by atoms with Gasteiger partial charge in [-0.3, -0.25) is 4.79 Å². The van der Waals surface area contributed by atoms with Crippen molar-refractivity contribution in [3.05, 3.63) is 77.8 Å². The third-order valence-corrected chi connectivity index (χ3v) is 8.79. The number of halogens is 1. The summed E-state index contributed by atoms with van der Waals surface area (Å²) in [5.41, 5.74) is 2.16. The molecule has 5 nitrogen and oxygen atoms in total. The summed E-state index contributed by atoms with van der Waals surface area (Å²) in [6.07, 6.45) is 7.55. The van der Waals surface area contributed by atoms with Crippen molar-refractivity contribution in [1.29, 1.82) is 0 Å². The van der Waals surface area contributed by atoms with Crippen LogP contribution in [0, 0.1) is 5.92 Å². The fourth-order valence-electron chi connectivity index (χ4n) is 5.21. The van der Waals surface area contributed by atoms with Crippen LogP contribution in [0.4, 0.5) is 0 Å². The molecule has 2 fully saturated rings. The molecule has 1 N–H and O–H groups in total. The Labute approximate surface area is 234 Å². The second-order valence-corrected chi connectivity index (χ2v) is 11.7. The van der Waals surface area contributed by atoms with Gasteiger partial charge in [-0.05, 0) is 96.8 Å². The lowest BCUT2D eigenvalue weighted by atomic mass is 9.90. The standard InChI is InChI=1S/C31H34ClNO4S/c32-25-10-6-23(7-11-25)24-8-12-27(13-9-24)37-28-18-19-33(30(20-28)31(34)35)38-29-16-14-26(15-17-29)36-21-22-4-2-1-3-5-22/h6-17,22,28,30H,1-5,18-21H2,(H,34,35). The zero-order valence-corrected chi connectivity index (χ0v) is 23.0. The molecule has 1 heterocycles. The quantitative estimate of drug-likeness (QED) is 0.272. The highest BCUT2D eigenvalue weighted by Crippen LogP contribution is 2.34. The Kier molecular flexibility index (Phi) is 9.15. The van der Waals surface area contributed by atoms with Gasteiger partial charge < -0.3 is 14.6 Å². The molecule has 3 aromatic rings. The summed E-state index contributed by atoms with van der Waals surface area (Å²) in [6, 6.07) is 23.0. The molecule has 7 heteroatoms. The van der Waals surface area contributed by atoms with Gasteiger partial charge in [-0.15, -0.1) is 0 Å². The molecule has 0 radical (unpaired) electrons. The van der Waals surface area contributed by atoms with E-state index in [4.69, 9.17) is 21.1 Å². The number of aliphatic carboxylic acids is 1. The number of piperidine rings is 1. The Morgan fingerprint density at radius 2 is 1.50 bits per heavy atom. The molecule has 3 aromatic carbocycles. The maximum atomic E-state index is 12.1. The van der Waals surface area contributed by atoms with Gasteiger partial charge in [0.1, 0.15) is 23.6 Å². The number of hydrogen-bond acceptors (Lipinski definition) is 5. The van der Waals surface area contributed by atoms with Crippen LogP contribution in [0.2, 0.25) is 5.02 Å². The average molecular weight is 552 g/mol. The molecule has 5 rings (SSSR count). The van der Waals surface area contributed by atoms with Crippen LogP contribution in [0.15, 0.2) is 77.7 Å². The molecule has 0 bridgehead atoms. The van der Waals surface area contributed by atoms with E-state index >= 15 is 0 Å².